The van der Waals surface area contributed by atoms with E-state index >= 15 is 0 Å². The van der Waals surface area contributed by atoms with Crippen LogP contribution in [0, 0.1) is 5.41 Å². The molecule has 1 unspecified atom stereocenters. The number of hydrogen-bond acceptors (Lipinski definition) is 4. The smallest absolute Gasteiger partial charge is 0.353 e. The predicted molar refractivity (Wildman–Crippen MR) is 51.8 cm³/mol. The fourth-order valence-electron chi connectivity index (χ4n) is 1.74. The van der Waals surface area contributed by atoms with Crippen LogP contribution in [0.2, 0.25) is 0 Å². The van der Waals surface area contributed by atoms with Crippen molar-refractivity contribution in [3.63, 3.8) is 0 Å². The normalized spacial score (nSPS) is 26.8. The van der Waals surface area contributed by atoms with E-state index in [1.54, 1.807) is 13.8 Å². The molecule has 2 aliphatic rings. The summed E-state index contributed by atoms with van der Waals surface area (Å²) in [5.41, 5.74) is -0.982. The number of carbonyl (C=O) groups excluding carboxylic acids is 2. The molecule has 16 heavy (non-hydrogen) atoms. The second kappa shape index (κ2) is 2.97. The van der Waals surface area contributed by atoms with E-state index in [9.17, 15) is 14.4 Å². The van der Waals surface area contributed by atoms with E-state index in [1.165, 1.54) is 11.1 Å². The number of rotatable bonds is 1. The van der Waals surface area contributed by atoms with E-state index in [0.29, 0.717) is 0 Å². The summed E-state index contributed by atoms with van der Waals surface area (Å²) in [4.78, 5) is 35.0. The molecule has 0 aliphatic carbocycles. The third kappa shape index (κ3) is 1.24. The number of nitrogens with one attached hydrogen (secondary N) is 2. The lowest BCUT2D eigenvalue weighted by atomic mass is 9.86. The Kier molecular flexibility index (Phi) is 1.94. The van der Waals surface area contributed by atoms with E-state index < -0.39 is 29.5 Å². The topological polar surface area (TPSA) is 98.7 Å². The largest absolute Gasteiger partial charge is 0.477 e. The van der Waals surface area contributed by atoms with E-state index in [2.05, 4.69) is 10.6 Å². The summed E-state index contributed by atoms with van der Waals surface area (Å²) in [7, 11) is 0. The van der Waals surface area contributed by atoms with Crippen molar-refractivity contribution in [3.05, 3.63) is 11.9 Å². The van der Waals surface area contributed by atoms with Gasteiger partial charge in [-0.2, -0.15) is 0 Å². The van der Waals surface area contributed by atoms with Crippen molar-refractivity contribution in [1.29, 1.82) is 0 Å². The third-order valence-electron chi connectivity index (χ3n) is 2.79. The molecule has 0 aromatic heterocycles. The Balaban J connectivity index is 2.37. The Morgan fingerprint density at radius 1 is 1.50 bits per heavy atom. The lowest BCUT2D eigenvalue weighted by Crippen LogP contribution is -2.64. The molecule has 2 aliphatic heterocycles. The van der Waals surface area contributed by atoms with Gasteiger partial charge < -0.3 is 10.4 Å². The molecular weight excluding hydrogens is 214 g/mol. The second-order valence-corrected chi connectivity index (χ2v) is 4.28. The standard InChI is InChI=1S/C9H11N3O4/c1-9(2)6-10-4(5(13)14)3-12(6)8(16)11-7(9)15/h3,6,10H,1-2H3,(H,13,14)(H,11,15,16). The average Bonchev–Trinajstić information content (AvgIpc) is 2.60. The maximum Gasteiger partial charge on any atom is 0.353 e. The van der Waals surface area contributed by atoms with Crippen LogP contribution in [-0.2, 0) is 9.59 Å². The summed E-state index contributed by atoms with van der Waals surface area (Å²) in [5.74, 6) is -1.59. The summed E-state index contributed by atoms with van der Waals surface area (Å²) in [6.45, 7) is 3.27. The number of nitrogens with zero attached hydrogens (tertiary/aromatic N) is 1. The fraction of sp³-hybridized carbons (Fsp3) is 0.444. The molecule has 0 aromatic rings. The third-order valence-corrected chi connectivity index (χ3v) is 2.79. The number of amides is 3. The minimum absolute atomic E-state index is 0.0945. The molecule has 0 bridgehead atoms. The van der Waals surface area contributed by atoms with Crippen LogP contribution in [0.15, 0.2) is 11.9 Å². The number of hydrogen-bond donors (Lipinski definition) is 3. The predicted octanol–water partition coefficient (Wildman–Crippen LogP) is -0.580. The van der Waals surface area contributed by atoms with Crippen molar-refractivity contribution in [3.8, 4) is 0 Å². The van der Waals surface area contributed by atoms with Gasteiger partial charge in [-0.25, -0.2) is 9.59 Å². The first kappa shape index (κ1) is 10.5. The summed E-state index contributed by atoms with van der Waals surface area (Å²) in [6, 6.07) is -0.613. The van der Waals surface area contributed by atoms with Gasteiger partial charge in [0.15, 0.2) is 0 Å². The minimum Gasteiger partial charge on any atom is -0.477 e. The van der Waals surface area contributed by atoms with E-state index in [1.807, 2.05) is 0 Å². The van der Waals surface area contributed by atoms with Crippen molar-refractivity contribution in [2.75, 3.05) is 0 Å². The maximum absolute atomic E-state index is 11.6. The van der Waals surface area contributed by atoms with Crippen molar-refractivity contribution < 1.29 is 19.5 Å². The first-order chi connectivity index (χ1) is 7.34. The Hall–Kier alpha value is -2.05. The molecule has 3 amide bonds. The van der Waals surface area contributed by atoms with Gasteiger partial charge in [-0.3, -0.25) is 15.0 Å². The zero-order chi connectivity index (χ0) is 12.1. The average molecular weight is 225 g/mol. The minimum atomic E-state index is -1.16. The number of urea groups is 1. The van der Waals surface area contributed by atoms with E-state index in [4.69, 9.17) is 5.11 Å². The van der Waals surface area contributed by atoms with Crippen molar-refractivity contribution >= 4 is 17.9 Å². The summed E-state index contributed by atoms with van der Waals surface area (Å²) in [6.07, 6.45) is 0.538. The van der Waals surface area contributed by atoms with Crippen molar-refractivity contribution in [2.45, 2.75) is 20.0 Å². The van der Waals surface area contributed by atoms with Gasteiger partial charge in [-0.15, -0.1) is 0 Å². The summed E-state index contributed by atoms with van der Waals surface area (Å²) in [5, 5.41) is 13.6. The maximum atomic E-state index is 11.6. The highest BCUT2D eigenvalue weighted by molar-refractivity contribution is 6.02. The summed E-state index contributed by atoms with van der Waals surface area (Å²) < 4.78 is 0. The molecule has 1 fully saturated rings. The molecule has 3 N–H and O–H groups in total. The Morgan fingerprint density at radius 3 is 2.69 bits per heavy atom. The Bertz CT molecular complexity index is 426. The quantitative estimate of drug-likeness (QED) is 0.554. The Labute approximate surface area is 91.1 Å². The summed E-state index contributed by atoms with van der Waals surface area (Å²) >= 11 is 0. The number of fused-ring (bicyclic) bond motifs is 1. The number of carboxylic acids is 1. The highest BCUT2D eigenvalue weighted by Gasteiger charge is 2.50. The van der Waals surface area contributed by atoms with Gasteiger partial charge >= 0.3 is 12.0 Å². The molecule has 86 valence electrons. The molecule has 2 heterocycles. The zero-order valence-electron chi connectivity index (χ0n) is 8.77. The van der Waals surface area contributed by atoms with Crippen LogP contribution in [0.5, 0.6) is 0 Å². The Morgan fingerprint density at radius 2 is 2.12 bits per heavy atom. The molecule has 0 saturated carbocycles. The number of aliphatic carboxylic acids is 1. The fourth-order valence-corrected chi connectivity index (χ4v) is 1.74. The number of imide groups is 1. The van der Waals surface area contributed by atoms with Crippen molar-refractivity contribution in [1.82, 2.24) is 15.5 Å². The van der Waals surface area contributed by atoms with Crippen LogP contribution in [0.4, 0.5) is 4.79 Å². The van der Waals surface area contributed by atoms with E-state index in [-0.39, 0.29) is 5.70 Å². The zero-order valence-corrected chi connectivity index (χ0v) is 8.77. The number of carbonyl (C=O) groups is 3. The number of carboxylic acid groups (broad SMARTS) is 1. The molecule has 1 saturated heterocycles. The van der Waals surface area contributed by atoms with Crippen LogP contribution in [-0.4, -0.2) is 34.1 Å². The molecule has 2 rings (SSSR count). The monoisotopic (exact) mass is 225 g/mol. The second-order valence-electron chi connectivity index (χ2n) is 4.28. The highest BCUT2D eigenvalue weighted by atomic mass is 16.4. The molecule has 0 aromatic carbocycles. The van der Waals surface area contributed by atoms with Gasteiger partial charge in [0.2, 0.25) is 5.91 Å². The van der Waals surface area contributed by atoms with Crippen LogP contribution >= 0.6 is 0 Å². The molecule has 7 nitrogen and oxygen atoms in total. The lowest BCUT2D eigenvalue weighted by Gasteiger charge is -2.40. The first-order valence-electron chi connectivity index (χ1n) is 4.69. The SMILES string of the molecule is CC1(C)C(=O)NC(=O)N2C=C(C(=O)O)NC21. The van der Waals surface area contributed by atoms with Gasteiger partial charge in [0.25, 0.3) is 0 Å². The lowest BCUT2D eigenvalue weighted by molar-refractivity contribution is -0.135. The van der Waals surface area contributed by atoms with Crippen LogP contribution < -0.4 is 10.6 Å². The van der Waals surface area contributed by atoms with Gasteiger partial charge in [0.1, 0.15) is 11.9 Å². The van der Waals surface area contributed by atoms with Gasteiger partial charge in [-0.05, 0) is 13.8 Å². The van der Waals surface area contributed by atoms with Crippen LogP contribution in [0.25, 0.3) is 0 Å². The molecule has 1 atom stereocenters. The first-order valence-corrected chi connectivity index (χ1v) is 4.69. The molecule has 7 heteroatoms. The van der Waals surface area contributed by atoms with Gasteiger partial charge in [-0.1, -0.05) is 0 Å². The van der Waals surface area contributed by atoms with Crippen molar-refractivity contribution in [2.24, 2.45) is 5.41 Å². The van der Waals surface area contributed by atoms with Crippen LogP contribution in [0.3, 0.4) is 0 Å². The highest BCUT2D eigenvalue weighted by Crippen LogP contribution is 2.31. The molecule has 0 spiro atoms. The molecule has 0 radical (unpaired) electrons. The van der Waals surface area contributed by atoms with Gasteiger partial charge in [0.05, 0.1) is 5.41 Å². The van der Waals surface area contributed by atoms with E-state index in [0.717, 1.165) is 0 Å². The van der Waals surface area contributed by atoms with Gasteiger partial charge in [0, 0.05) is 6.20 Å². The molecular formula is C9H11N3O4. The van der Waals surface area contributed by atoms with Crippen LogP contribution in [0.1, 0.15) is 13.8 Å².